The lowest BCUT2D eigenvalue weighted by Gasteiger charge is -2.08. The molecule has 3 heterocycles. The highest BCUT2D eigenvalue weighted by Crippen LogP contribution is 2.20. The van der Waals surface area contributed by atoms with Gasteiger partial charge in [0.2, 0.25) is 0 Å². The third kappa shape index (κ3) is 24.1. The van der Waals surface area contributed by atoms with Crippen molar-refractivity contribution in [2.75, 3.05) is 0 Å². The Bertz CT molecular complexity index is 1790. The van der Waals surface area contributed by atoms with Crippen LogP contribution in [0.5, 0.6) is 0 Å². The Morgan fingerprint density at radius 1 is 0.760 bits per heavy atom. The molecule has 294 valence electrons. The van der Waals surface area contributed by atoms with E-state index in [2.05, 4.69) is 21.9 Å². The van der Waals surface area contributed by atoms with Crippen LogP contribution < -0.4 is 4.57 Å². The molecular weight excluding hydrogens is 778 g/mol. The maximum Gasteiger partial charge on any atom is 0.485 e. The van der Waals surface area contributed by atoms with Gasteiger partial charge in [0.15, 0.2) is 10.1 Å². The van der Waals surface area contributed by atoms with Crippen LogP contribution in [-0.2, 0) is 67.9 Å². The fourth-order valence-electron chi connectivity index (χ4n) is 3.12. The van der Waals surface area contributed by atoms with Crippen LogP contribution in [0.3, 0.4) is 0 Å². The molecule has 0 bridgehead atoms. The average molecular weight is 819 g/mol. The maximum absolute atomic E-state index is 12.7. The van der Waals surface area contributed by atoms with Gasteiger partial charge in [0.25, 0.3) is 5.82 Å². The van der Waals surface area contributed by atoms with Crippen molar-refractivity contribution in [2.45, 2.75) is 91.5 Å². The minimum atomic E-state index is -6.09. The highest BCUT2D eigenvalue weighted by Gasteiger charge is 2.37. The molecule has 0 unspecified atom stereocenters. The Morgan fingerprint density at radius 2 is 1.20 bits per heavy atom. The van der Waals surface area contributed by atoms with E-state index >= 15 is 0 Å². The normalized spacial score (nSPS) is 11.6. The summed E-state index contributed by atoms with van der Waals surface area (Å²) < 4.78 is 166. The second-order valence-electron chi connectivity index (χ2n) is 9.27. The smallest absolute Gasteiger partial charge is 0.485 e. The van der Waals surface area contributed by atoms with Gasteiger partial charge in [0.05, 0.1) is 13.5 Å². The van der Waals surface area contributed by atoms with Crippen LogP contribution in [0.2, 0.25) is 0 Å². The molecule has 3 aromatic rings. The van der Waals surface area contributed by atoms with E-state index in [9.17, 15) is 45.5 Å². The zero-order valence-electron chi connectivity index (χ0n) is 26.5. The first-order valence-corrected chi connectivity index (χ1v) is 19.2. The Labute approximate surface area is 288 Å². The summed E-state index contributed by atoms with van der Waals surface area (Å²) in [6, 6.07) is 0. The molecule has 3 rings (SSSR count). The van der Waals surface area contributed by atoms with Gasteiger partial charge in [-0.15, -0.1) is 0 Å². The third-order valence-corrected chi connectivity index (χ3v) is 7.52. The molecular formula is C24H41F7N6O9S4. The monoisotopic (exact) mass is 818 g/mol. The number of unbranched alkanes of at least 4 members (excludes halogenated alkanes) is 3. The SMILES string of the molecule is C.CCCCc1n(S(=O)(=O)F)cc[n+]1C.CCCCc1ncc[nH]1.CCCCc1nccn1S(=O)(=O)F.O=S(=O)(F)F.O=S(=O)([O-])C(F)(F)F. The Morgan fingerprint density at radius 3 is 1.58 bits per heavy atom. The van der Waals surface area contributed by atoms with Crippen LogP contribution in [0.25, 0.3) is 0 Å². The van der Waals surface area contributed by atoms with E-state index in [4.69, 9.17) is 21.4 Å². The molecule has 0 aliphatic carbocycles. The molecule has 0 aromatic carbocycles. The largest absolute Gasteiger partial charge is 0.741 e. The number of alkyl halides is 3. The van der Waals surface area contributed by atoms with Gasteiger partial charge in [-0.3, -0.25) is 0 Å². The lowest BCUT2D eigenvalue weighted by atomic mass is 10.2. The predicted molar refractivity (Wildman–Crippen MR) is 167 cm³/mol. The topological polar surface area (TPSA) is 215 Å². The average Bonchev–Trinajstić information content (AvgIpc) is 3.69. The number of hydrogen-bond donors (Lipinski definition) is 1. The van der Waals surface area contributed by atoms with Gasteiger partial charge in [-0.25, -0.2) is 26.9 Å². The van der Waals surface area contributed by atoms with E-state index in [-0.39, 0.29) is 13.3 Å². The highest BCUT2D eigenvalue weighted by molar-refractivity contribution is 7.86. The van der Waals surface area contributed by atoms with Gasteiger partial charge in [0.1, 0.15) is 24.0 Å². The lowest BCUT2D eigenvalue weighted by Crippen LogP contribution is -2.32. The van der Waals surface area contributed by atoms with E-state index in [1.807, 2.05) is 20.0 Å². The molecule has 15 nitrogen and oxygen atoms in total. The van der Waals surface area contributed by atoms with Gasteiger partial charge in [-0.05, 0) is 19.3 Å². The van der Waals surface area contributed by atoms with Gasteiger partial charge in [-0.2, -0.15) is 38.4 Å². The highest BCUT2D eigenvalue weighted by atomic mass is 32.3. The second kappa shape index (κ2) is 23.4. The van der Waals surface area contributed by atoms with Crippen molar-refractivity contribution >= 4 is 41.5 Å². The van der Waals surface area contributed by atoms with Gasteiger partial charge in [-0.1, -0.05) is 67.0 Å². The third-order valence-electron chi connectivity index (χ3n) is 5.35. The Kier molecular flexibility index (Phi) is 24.0. The van der Waals surface area contributed by atoms with Crippen LogP contribution in [0, 0.1) is 0 Å². The minimum absolute atomic E-state index is 0. The molecule has 0 aliphatic rings. The molecule has 50 heavy (non-hydrogen) atoms. The first-order chi connectivity index (χ1) is 22.2. The van der Waals surface area contributed by atoms with E-state index in [0.717, 1.165) is 44.1 Å². The van der Waals surface area contributed by atoms with Crippen LogP contribution in [0.4, 0.5) is 28.7 Å². The molecule has 3 aromatic heterocycles. The Hall–Kier alpha value is -3.10. The summed E-state index contributed by atoms with van der Waals surface area (Å²) in [6.07, 6.45) is 16.9. The molecule has 26 heteroatoms. The standard InChI is InChI=1S/C8H14FN2O2S.C7H11FN2O2S.C7H12N2.CHF3O3S.CH4.F2O2S/c1-3-4-5-8-10(2)6-7-11(8)14(9,12)13;1-2-3-4-7-9-5-6-10(7)13(8,11)12;1-2-3-4-7-8-5-6-9-7;2-1(3,4)8(5,6)7;;1-5(2,3)4/h6-7H,3-5H2,1-2H3;5-6H,2-4H2,1H3;5-6H,2-4H2,1H3,(H,8,9);(H,5,6,7);1H4;/q+1;;;;;/p-1. The van der Waals surface area contributed by atoms with E-state index in [1.54, 1.807) is 17.8 Å². The molecule has 0 atom stereocenters. The first kappa shape index (κ1) is 51.3. The summed E-state index contributed by atoms with van der Waals surface area (Å²) in [5, 5.41) is 0. The van der Waals surface area contributed by atoms with Crippen molar-refractivity contribution < 1.29 is 71.5 Å². The van der Waals surface area contributed by atoms with Crippen LogP contribution in [0.15, 0.2) is 37.2 Å². The van der Waals surface area contributed by atoms with E-state index in [0.29, 0.717) is 26.6 Å². The van der Waals surface area contributed by atoms with Crippen LogP contribution in [0.1, 0.15) is 84.2 Å². The number of imidazole rings is 3. The number of nitrogens with one attached hydrogen (secondary N) is 1. The van der Waals surface area contributed by atoms with Crippen LogP contribution >= 0.6 is 0 Å². The number of hydrogen-bond acceptors (Lipinski definition) is 11. The van der Waals surface area contributed by atoms with Crippen molar-refractivity contribution in [3.63, 3.8) is 0 Å². The molecule has 0 aliphatic heterocycles. The van der Waals surface area contributed by atoms with Crippen molar-refractivity contribution in [1.82, 2.24) is 22.9 Å². The molecule has 1 N–H and O–H groups in total. The summed E-state index contributed by atoms with van der Waals surface area (Å²) >= 11 is 0. The van der Waals surface area contributed by atoms with Crippen molar-refractivity contribution in [3.05, 3.63) is 54.7 Å². The molecule has 0 amide bonds. The molecule has 0 spiro atoms. The van der Waals surface area contributed by atoms with Gasteiger partial charge >= 0.3 is 36.9 Å². The summed E-state index contributed by atoms with van der Waals surface area (Å²) in [5.41, 5.74) is -5.65. The molecule has 0 radical (unpaired) electrons. The maximum atomic E-state index is 12.7. The van der Waals surface area contributed by atoms with Crippen molar-refractivity contribution in [1.29, 1.82) is 0 Å². The summed E-state index contributed by atoms with van der Waals surface area (Å²) in [7, 11) is -19.4. The number of H-pyrrole nitrogens is 1. The number of aromatic amines is 1. The number of halogens is 7. The van der Waals surface area contributed by atoms with Crippen molar-refractivity contribution in [2.24, 2.45) is 7.05 Å². The number of aryl methyl sites for hydroxylation is 3. The number of nitrogens with zero attached hydrogens (tertiary/aromatic N) is 5. The second-order valence-corrected chi connectivity index (χ2v) is 13.8. The molecule has 0 fully saturated rings. The number of rotatable bonds is 11. The van der Waals surface area contributed by atoms with E-state index < -0.39 is 47.1 Å². The van der Waals surface area contributed by atoms with Crippen molar-refractivity contribution in [3.8, 4) is 0 Å². The quantitative estimate of drug-likeness (QED) is 0.0927. The van der Waals surface area contributed by atoms with Gasteiger partial charge in [0, 0.05) is 37.6 Å². The summed E-state index contributed by atoms with van der Waals surface area (Å²) in [4.78, 5) is 10.9. The zero-order valence-corrected chi connectivity index (χ0v) is 29.8. The molecule has 0 saturated carbocycles. The zero-order chi connectivity index (χ0) is 38.7. The minimum Gasteiger partial charge on any atom is -0.741 e. The predicted octanol–water partition coefficient (Wildman–Crippen LogP) is 4.62. The van der Waals surface area contributed by atoms with Gasteiger partial charge < -0.3 is 9.54 Å². The summed E-state index contributed by atoms with van der Waals surface area (Å²) in [5.74, 6) is 1.83. The fourth-order valence-corrected chi connectivity index (χ4v) is 4.38. The number of aromatic nitrogens is 6. The van der Waals surface area contributed by atoms with E-state index in [1.165, 1.54) is 31.4 Å². The molecule has 0 saturated heterocycles. The fraction of sp³-hybridized carbons (Fsp3) is 0.625. The van der Waals surface area contributed by atoms with Crippen LogP contribution in [-0.4, -0.2) is 66.6 Å². The summed E-state index contributed by atoms with van der Waals surface area (Å²) in [6.45, 7) is 6.15. The lowest BCUT2D eigenvalue weighted by molar-refractivity contribution is -0.678. The first-order valence-electron chi connectivity index (χ1n) is 13.8. The Balaban J connectivity index is -0.000000571.